The molecule has 9 heteroatoms. The van der Waals surface area contributed by atoms with Gasteiger partial charge in [0, 0.05) is 16.4 Å². The van der Waals surface area contributed by atoms with Gasteiger partial charge in [0.25, 0.3) is 10.0 Å². The third-order valence-corrected chi connectivity index (χ3v) is 5.57. The second-order valence-electron chi connectivity index (χ2n) is 5.70. The van der Waals surface area contributed by atoms with Crippen LogP contribution in [0.2, 0.25) is 10.0 Å². The van der Waals surface area contributed by atoms with Crippen LogP contribution in [-0.4, -0.2) is 14.4 Å². The summed E-state index contributed by atoms with van der Waals surface area (Å²) in [4.78, 5) is 12.1. The van der Waals surface area contributed by atoms with E-state index >= 15 is 0 Å². The molecule has 0 aliphatic rings. The van der Waals surface area contributed by atoms with Crippen molar-refractivity contribution >= 4 is 56.3 Å². The van der Waals surface area contributed by atoms with Crippen LogP contribution in [0.25, 0.3) is 0 Å². The Morgan fingerprint density at radius 2 is 1.46 bits per heavy atom. The summed E-state index contributed by atoms with van der Waals surface area (Å²) in [6.45, 7) is 0. The molecule has 3 aromatic rings. The molecule has 3 N–H and O–H groups in total. The minimum atomic E-state index is -3.81. The van der Waals surface area contributed by atoms with Crippen LogP contribution in [0.4, 0.5) is 21.9 Å². The van der Waals surface area contributed by atoms with E-state index < -0.39 is 16.1 Å². The maximum absolute atomic E-state index is 12.5. The fourth-order valence-corrected chi connectivity index (χ4v) is 3.83. The molecule has 0 saturated heterocycles. The van der Waals surface area contributed by atoms with Gasteiger partial charge >= 0.3 is 6.03 Å². The average molecular weight is 436 g/mol. The van der Waals surface area contributed by atoms with Gasteiger partial charge in [-0.25, -0.2) is 13.2 Å². The molecule has 0 aliphatic heterocycles. The van der Waals surface area contributed by atoms with Gasteiger partial charge in [-0.3, -0.25) is 4.72 Å². The van der Waals surface area contributed by atoms with Gasteiger partial charge in [0.15, 0.2) is 0 Å². The van der Waals surface area contributed by atoms with Crippen LogP contribution < -0.4 is 15.4 Å². The van der Waals surface area contributed by atoms with E-state index in [1.165, 1.54) is 24.3 Å². The Kier molecular flexibility index (Phi) is 6.08. The summed E-state index contributed by atoms with van der Waals surface area (Å²) in [7, 11) is -3.81. The Bertz CT molecular complexity index is 1100. The van der Waals surface area contributed by atoms with E-state index in [-0.39, 0.29) is 10.6 Å². The van der Waals surface area contributed by atoms with Gasteiger partial charge in [0.1, 0.15) is 0 Å². The Labute approximate surface area is 172 Å². The minimum absolute atomic E-state index is 0.0354. The Hall–Kier alpha value is -2.74. The first-order valence-electron chi connectivity index (χ1n) is 8.04. The summed E-state index contributed by atoms with van der Waals surface area (Å²) in [5.41, 5.74) is 1.25. The number of benzene rings is 3. The number of carbonyl (C=O) groups excluding carboxylic acids is 1. The fourth-order valence-electron chi connectivity index (χ4n) is 2.32. The van der Waals surface area contributed by atoms with Crippen molar-refractivity contribution in [3.63, 3.8) is 0 Å². The van der Waals surface area contributed by atoms with Crippen molar-refractivity contribution in [1.82, 2.24) is 0 Å². The van der Waals surface area contributed by atoms with Crippen LogP contribution in [0.5, 0.6) is 0 Å². The van der Waals surface area contributed by atoms with Gasteiger partial charge < -0.3 is 10.6 Å². The SMILES string of the molecule is O=C(Nc1ccc(S(=O)(=O)Nc2ccccc2Cl)cc1)Nc1cccc(Cl)c1. The van der Waals surface area contributed by atoms with Crippen LogP contribution in [-0.2, 0) is 10.0 Å². The van der Waals surface area contributed by atoms with E-state index in [1.54, 1.807) is 48.5 Å². The quantitative estimate of drug-likeness (QED) is 0.498. The Balaban J connectivity index is 1.67. The highest BCUT2D eigenvalue weighted by atomic mass is 35.5. The molecule has 0 radical (unpaired) electrons. The summed E-state index contributed by atoms with van der Waals surface area (Å²) in [5.74, 6) is 0. The van der Waals surface area contributed by atoms with E-state index in [0.29, 0.717) is 21.4 Å². The zero-order valence-corrected chi connectivity index (χ0v) is 16.6. The lowest BCUT2D eigenvalue weighted by molar-refractivity contribution is 0.262. The first kappa shape index (κ1) is 20.0. The first-order valence-corrected chi connectivity index (χ1v) is 10.3. The van der Waals surface area contributed by atoms with Crippen molar-refractivity contribution in [3.8, 4) is 0 Å². The average Bonchev–Trinajstić information content (AvgIpc) is 2.64. The maximum atomic E-state index is 12.5. The fraction of sp³-hybridized carbons (Fsp3) is 0. The molecule has 144 valence electrons. The summed E-state index contributed by atoms with van der Waals surface area (Å²) in [6.07, 6.45) is 0. The zero-order chi connectivity index (χ0) is 20.1. The van der Waals surface area contributed by atoms with Gasteiger partial charge in [-0.15, -0.1) is 0 Å². The molecule has 0 unspecified atom stereocenters. The summed E-state index contributed by atoms with van der Waals surface area (Å²) in [5, 5.41) is 6.05. The molecular weight excluding hydrogens is 421 g/mol. The number of para-hydroxylation sites is 1. The predicted molar refractivity (Wildman–Crippen MR) is 113 cm³/mol. The number of hydrogen-bond donors (Lipinski definition) is 3. The molecule has 0 fully saturated rings. The van der Waals surface area contributed by atoms with Crippen LogP contribution in [0.15, 0.2) is 77.7 Å². The number of hydrogen-bond acceptors (Lipinski definition) is 3. The predicted octanol–water partition coefficient (Wildman–Crippen LogP) is 5.44. The van der Waals surface area contributed by atoms with Crippen LogP contribution in [0.3, 0.4) is 0 Å². The third kappa shape index (κ3) is 5.16. The van der Waals surface area contributed by atoms with Gasteiger partial charge in [-0.1, -0.05) is 41.4 Å². The monoisotopic (exact) mass is 435 g/mol. The molecule has 3 aromatic carbocycles. The molecule has 0 spiro atoms. The van der Waals surface area contributed by atoms with E-state index in [4.69, 9.17) is 23.2 Å². The van der Waals surface area contributed by atoms with Crippen molar-refractivity contribution in [3.05, 3.63) is 82.8 Å². The molecule has 0 bridgehead atoms. The van der Waals surface area contributed by atoms with Gasteiger partial charge in [0.05, 0.1) is 15.6 Å². The minimum Gasteiger partial charge on any atom is -0.308 e. The number of sulfonamides is 1. The van der Waals surface area contributed by atoms with Crippen LogP contribution in [0, 0.1) is 0 Å². The van der Waals surface area contributed by atoms with Gasteiger partial charge in [0.2, 0.25) is 0 Å². The van der Waals surface area contributed by atoms with E-state index in [1.807, 2.05) is 0 Å². The van der Waals surface area contributed by atoms with Gasteiger partial charge in [-0.2, -0.15) is 0 Å². The van der Waals surface area contributed by atoms with Crippen LogP contribution in [0.1, 0.15) is 0 Å². The molecular formula is C19H15Cl2N3O3S. The molecule has 0 heterocycles. The largest absolute Gasteiger partial charge is 0.323 e. The highest BCUT2D eigenvalue weighted by molar-refractivity contribution is 7.92. The Morgan fingerprint density at radius 3 is 2.14 bits per heavy atom. The number of carbonyl (C=O) groups is 1. The van der Waals surface area contributed by atoms with Crippen LogP contribution >= 0.6 is 23.2 Å². The topological polar surface area (TPSA) is 87.3 Å². The first-order chi connectivity index (χ1) is 13.3. The van der Waals surface area contributed by atoms with Gasteiger partial charge in [-0.05, 0) is 54.6 Å². The molecule has 2 amide bonds. The molecule has 0 atom stereocenters. The van der Waals surface area contributed by atoms with E-state index in [0.717, 1.165) is 0 Å². The number of nitrogens with one attached hydrogen (secondary N) is 3. The normalized spacial score (nSPS) is 10.9. The maximum Gasteiger partial charge on any atom is 0.323 e. The molecule has 28 heavy (non-hydrogen) atoms. The van der Waals surface area contributed by atoms with Crippen molar-refractivity contribution in [2.45, 2.75) is 4.90 Å². The number of rotatable bonds is 5. The molecule has 0 saturated carbocycles. The van der Waals surface area contributed by atoms with Crippen molar-refractivity contribution in [2.75, 3.05) is 15.4 Å². The summed E-state index contributed by atoms with van der Waals surface area (Å²) < 4.78 is 27.4. The van der Waals surface area contributed by atoms with E-state index in [2.05, 4.69) is 15.4 Å². The van der Waals surface area contributed by atoms with Crippen molar-refractivity contribution in [1.29, 1.82) is 0 Å². The second kappa shape index (κ2) is 8.52. The second-order valence-corrected chi connectivity index (χ2v) is 8.23. The summed E-state index contributed by atoms with van der Waals surface area (Å²) in [6, 6.07) is 18.5. The number of halogens is 2. The lowest BCUT2D eigenvalue weighted by Gasteiger charge is -2.11. The van der Waals surface area contributed by atoms with Crippen molar-refractivity contribution < 1.29 is 13.2 Å². The summed E-state index contributed by atoms with van der Waals surface area (Å²) >= 11 is 11.9. The number of urea groups is 1. The number of anilines is 3. The Morgan fingerprint density at radius 1 is 0.786 bits per heavy atom. The molecule has 6 nitrogen and oxygen atoms in total. The molecule has 3 rings (SSSR count). The highest BCUT2D eigenvalue weighted by Gasteiger charge is 2.15. The highest BCUT2D eigenvalue weighted by Crippen LogP contribution is 2.24. The molecule has 0 aliphatic carbocycles. The molecule has 0 aromatic heterocycles. The lowest BCUT2D eigenvalue weighted by atomic mass is 10.3. The third-order valence-electron chi connectivity index (χ3n) is 3.62. The number of amides is 2. The van der Waals surface area contributed by atoms with E-state index in [9.17, 15) is 13.2 Å². The zero-order valence-electron chi connectivity index (χ0n) is 14.3. The lowest BCUT2D eigenvalue weighted by Crippen LogP contribution is -2.19. The van der Waals surface area contributed by atoms with Crippen molar-refractivity contribution in [2.24, 2.45) is 0 Å². The standard InChI is InChI=1S/C19H15Cl2N3O3S/c20-13-4-3-5-15(12-13)23-19(25)22-14-8-10-16(11-9-14)28(26,27)24-18-7-2-1-6-17(18)21/h1-12,24H,(H2,22,23,25). The smallest absolute Gasteiger partial charge is 0.308 e.